The molecule has 0 atom stereocenters. The van der Waals surface area contributed by atoms with Gasteiger partial charge in [-0.1, -0.05) is 32.4 Å². The summed E-state index contributed by atoms with van der Waals surface area (Å²) < 4.78 is 33.2. The van der Waals surface area contributed by atoms with E-state index in [0.29, 0.717) is 19.7 Å². The largest absolute Gasteiger partial charge is 0.383 e. The molecule has 0 aromatic heterocycles. The Kier molecular flexibility index (Phi) is 7.00. The first-order valence-corrected chi connectivity index (χ1v) is 8.93. The molecule has 7 heteroatoms. The quantitative estimate of drug-likeness (QED) is 0.667. The average molecular weight is 329 g/mol. The summed E-state index contributed by atoms with van der Waals surface area (Å²) in [5, 5.41) is 8.72. The number of methoxy groups -OCH3 is 1. The third kappa shape index (κ3) is 5.06. The summed E-state index contributed by atoms with van der Waals surface area (Å²) in [6.45, 7) is 8.10. The summed E-state index contributed by atoms with van der Waals surface area (Å²) in [7, 11) is -2.01. The second-order valence-corrected chi connectivity index (χ2v) is 8.32. The number of nitriles is 1. The van der Waals surface area contributed by atoms with Gasteiger partial charge in [0.25, 0.3) is 10.2 Å². The molecule has 0 N–H and O–H groups in total. The van der Waals surface area contributed by atoms with Gasteiger partial charge in [0, 0.05) is 39.7 Å². The number of nitrogens with zero attached hydrogens (tertiary/aromatic N) is 3. The maximum atomic E-state index is 12.7. The van der Waals surface area contributed by atoms with Gasteiger partial charge >= 0.3 is 0 Å². The zero-order chi connectivity index (χ0) is 16.8. The molecule has 1 aliphatic rings. The van der Waals surface area contributed by atoms with E-state index in [1.807, 2.05) is 12.1 Å². The van der Waals surface area contributed by atoms with Gasteiger partial charge in [-0.25, -0.2) is 0 Å². The highest BCUT2D eigenvalue weighted by molar-refractivity contribution is 7.86. The summed E-state index contributed by atoms with van der Waals surface area (Å²) in [6, 6.07) is 2.00. The summed E-state index contributed by atoms with van der Waals surface area (Å²) in [5.74, 6) is 0. The summed E-state index contributed by atoms with van der Waals surface area (Å²) in [6.07, 6.45) is 2.94. The SMILES string of the molecule is COCCN(CCC#N)S(=O)(=O)N1CC=C(C(C)(C)C)CC1. The second-order valence-electron chi connectivity index (χ2n) is 6.40. The maximum Gasteiger partial charge on any atom is 0.282 e. The Morgan fingerprint density at radius 1 is 1.41 bits per heavy atom. The Labute approximate surface area is 134 Å². The van der Waals surface area contributed by atoms with Crippen molar-refractivity contribution in [3.8, 4) is 6.07 Å². The van der Waals surface area contributed by atoms with Gasteiger partial charge in [-0.2, -0.15) is 22.3 Å². The van der Waals surface area contributed by atoms with E-state index in [0.717, 1.165) is 6.42 Å². The fourth-order valence-corrected chi connectivity index (χ4v) is 3.95. The summed E-state index contributed by atoms with van der Waals surface area (Å²) >= 11 is 0. The smallest absolute Gasteiger partial charge is 0.282 e. The Balaban J connectivity index is 2.83. The topological polar surface area (TPSA) is 73.6 Å². The Hall–Kier alpha value is -0.940. The van der Waals surface area contributed by atoms with Crippen LogP contribution in [0.15, 0.2) is 11.6 Å². The average Bonchev–Trinajstić information content (AvgIpc) is 2.46. The molecule has 0 saturated carbocycles. The van der Waals surface area contributed by atoms with Crippen molar-refractivity contribution in [1.82, 2.24) is 8.61 Å². The molecule has 1 rings (SSSR count). The van der Waals surface area contributed by atoms with Gasteiger partial charge in [-0.15, -0.1) is 0 Å². The molecule has 0 amide bonds. The third-order valence-corrected chi connectivity index (χ3v) is 5.81. The minimum absolute atomic E-state index is 0.0758. The first-order chi connectivity index (χ1) is 10.2. The van der Waals surface area contributed by atoms with Crippen molar-refractivity contribution in [2.75, 3.05) is 39.9 Å². The number of hydrogen-bond donors (Lipinski definition) is 0. The molecule has 0 radical (unpaired) electrons. The predicted molar refractivity (Wildman–Crippen MR) is 86.3 cm³/mol. The number of rotatable bonds is 7. The fourth-order valence-electron chi connectivity index (χ4n) is 2.41. The van der Waals surface area contributed by atoms with Crippen molar-refractivity contribution in [3.05, 3.63) is 11.6 Å². The van der Waals surface area contributed by atoms with Gasteiger partial charge in [-0.3, -0.25) is 0 Å². The van der Waals surface area contributed by atoms with Crippen LogP contribution in [-0.4, -0.2) is 56.9 Å². The van der Waals surface area contributed by atoms with E-state index in [1.54, 1.807) is 0 Å². The van der Waals surface area contributed by atoms with Gasteiger partial charge in [-0.05, 0) is 11.8 Å². The van der Waals surface area contributed by atoms with Crippen LogP contribution in [0.4, 0.5) is 0 Å². The van der Waals surface area contributed by atoms with E-state index >= 15 is 0 Å². The maximum absolute atomic E-state index is 12.7. The van der Waals surface area contributed by atoms with E-state index < -0.39 is 10.2 Å². The molecule has 0 unspecified atom stereocenters. The molecule has 6 nitrogen and oxygen atoms in total. The van der Waals surface area contributed by atoms with Crippen molar-refractivity contribution in [1.29, 1.82) is 5.26 Å². The van der Waals surface area contributed by atoms with Crippen molar-refractivity contribution in [2.24, 2.45) is 5.41 Å². The highest BCUT2D eigenvalue weighted by Gasteiger charge is 2.32. The zero-order valence-electron chi connectivity index (χ0n) is 14.0. The van der Waals surface area contributed by atoms with E-state index in [4.69, 9.17) is 10.00 Å². The second kappa shape index (κ2) is 8.06. The van der Waals surface area contributed by atoms with Crippen LogP contribution in [0.1, 0.15) is 33.6 Å². The highest BCUT2D eigenvalue weighted by Crippen LogP contribution is 2.31. The molecule has 1 aliphatic heterocycles. The van der Waals surface area contributed by atoms with Gasteiger partial charge in [0.15, 0.2) is 0 Å². The molecule has 0 aromatic rings. The lowest BCUT2D eigenvalue weighted by atomic mass is 9.83. The van der Waals surface area contributed by atoms with E-state index in [9.17, 15) is 8.42 Å². The van der Waals surface area contributed by atoms with E-state index in [1.165, 1.54) is 21.3 Å². The third-order valence-electron chi connectivity index (χ3n) is 3.81. The van der Waals surface area contributed by atoms with Gasteiger partial charge in [0.1, 0.15) is 0 Å². The lowest BCUT2D eigenvalue weighted by Gasteiger charge is -2.34. The lowest BCUT2D eigenvalue weighted by Crippen LogP contribution is -2.47. The Morgan fingerprint density at radius 3 is 2.55 bits per heavy atom. The van der Waals surface area contributed by atoms with Crippen LogP contribution in [0.3, 0.4) is 0 Å². The molecule has 22 heavy (non-hydrogen) atoms. The molecule has 126 valence electrons. The molecule has 1 heterocycles. The molecule has 0 spiro atoms. The normalized spacial score (nSPS) is 17.4. The van der Waals surface area contributed by atoms with Crippen molar-refractivity contribution in [2.45, 2.75) is 33.6 Å². The molecule has 0 aliphatic carbocycles. The van der Waals surface area contributed by atoms with Crippen LogP contribution in [0.25, 0.3) is 0 Å². The van der Waals surface area contributed by atoms with E-state index in [2.05, 4.69) is 20.8 Å². The van der Waals surface area contributed by atoms with Crippen LogP contribution in [-0.2, 0) is 14.9 Å². The predicted octanol–water partition coefficient (Wildman–Crippen LogP) is 1.77. The van der Waals surface area contributed by atoms with Crippen LogP contribution >= 0.6 is 0 Å². The number of hydrogen-bond acceptors (Lipinski definition) is 4. The Morgan fingerprint density at radius 2 is 2.09 bits per heavy atom. The summed E-state index contributed by atoms with van der Waals surface area (Å²) in [5.41, 5.74) is 1.37. The highest BCUT2D eigenvalue weighted by atomic mass is 32.2. The van der Waals surface area contributed by atoms with Crippen LogP contribution in [0.2, 0.25) is 0 Å². The van der Waals surface area contributed by atoms with Gasteiger partial charge in [0.2, 0.25) is 0 Å². The monoisotopic (exact) mass is 329 g/mol. The molecule has 0 fully saturated rings. The molecule has 0 aromatic carbocycles. The lowest BCUT2D eigenvalue weighted by molar-refractivity contribution is 0.176. The summed E-state index contributed by atoms with van der Waals surface area (Å²) in [4.78, 5) is 0. The Bertz CT molecular complexity index is 529. The minimum Gasteiger partial charge on any atom is -0.383 e. The minimum atomic E-state index is -3.55. The first-order valence-electron chi connectivity index (χ1n) is 7.54. The van der Waals surface area contributed by atoms with Gasteiger partial charge in [0.05, 0.1) is 12.7 Å². The fraction of sp³-hybridized carbons (Fsp3) is 0.800. The van der Waals surface area contributed by atoms with Crippen molar-refractivity contribution < 1.29 is 13.2 Å². The molecule has 0 bridgehead atoms. The van der Waals surface area contributed by atoms with E-state index in [-0.39, 0.29) is 24.9 Å². The van der Waals surface area contributed by atoms with Crippen molar-refractivity contribution >= 4 is 10.2 Å². The van der Waals surface area contributed by atoms with Gasteiger partial charge < -0.3 is 4.74 Å². The number of ether oxygens (including phenoxy) is 1. The molecule has 0 saturated heterocycles. The standard InChI is InChI=1S/C15H27N3O3S/c1-15(2,3)14-6-10-18(11-7-14)22(19,20)17(9-5-8-16)12-13-21-4/h6H,5,7,9-13H2,1-4H3. The van der Waals surface area contributed by atoms with Crippen molar-refractivity contribution in [3.63, 3.8) is 0 Å². The first kappa shape index (κ1) is 19.1. The molecular formula is C15H27N3O3S. The van der Waals surface area contributed by atoms with Crippen LogP contribution in [0.5, 0.6) is 0 Å². The van der Waals surface area contributed by atoms with Crippen LogP contribution in [0, 0.1) is 16.7 Å². The molecular weight excluding hydrogens is 302 g/mol. The zero-order valence-corrected chi connectivity index (χ0v) is 14.8. The van der Waals surface area contributed by atoms with Crippen LogP contribution < -0.4 is 0 Å².